The molecule has 0 unspecified atom stereocenters. The van der Waals surface area contributed by atoms with Gasteiger partial charge in [0, 0.05) is 11.4 Å². The number of carbonyl (C=O) groups excluding carboxylic acids is 2. The topological polar surface area (TPSA) is 115 Å². The number of primary amides is 2. The van der Waals surface area contributed by atoms with Crippen LogP contribution in [0.25, 0.3) is 0 Å². The standard InChI is InChI=1S/C11H16N4O2/c1-7-8(12)3-2-4-9(7)15(5-10(13)16)6-11(14)17/h2-4H,5-6,12H2,1H3,(H2,13,16)(H2,14,17). The lowest BCUT2D eigenvalue weighted by Gasteiger charge is -2.24. The Morgan fingerprint density at radius 3 is 2.18 bits per heavy atom. The maximum Gasteiger partial charge on any atom is 0.236 e. The van der Waals surface area contributed by atoms with Crippen molar-refractivity contribution < 1.29 is 9.59 Å². The predicted molar refractivity (Wildman–Crippen MR) is 66.2 cm³/mol. The highest BCUT2D eigenvalue weighted by Gasteiger charge is 2.14. The van der Waals surface area contributed by atoms with Gasteiger partial charge < -0.3 is 22.1 Å². The summed E-state index contributed by atoms with van der Waals surface area (Å²) in [5, 5.41) is 0. The molecule has 0 radical (unpaired) electrons. The van der Waals surface area contributed by atoms with Crippen molar-refractivity contribution in [3.8, 4) is 0 Å². The Labute approximate surface area is 99.4 Å². The van der Waals surface area contributed by atoms with Crippen LogP contribution in [0.4, 0.5) is 11.4 Å². The second kappa shape index (κ2) is 5.20. The summed E-state index contributed by atoms with van der Waals surface area (Å²) < 4.78 is 0. The van der Waals surface area contributed by atoms with E-state index in [-0.39, 0.29) is 13.1 Å². The van der Waals surface area contributed by atoms with E-state index in [1.54, 1.807) is 25.1 Å². The Morgan fingerprint density at radius 1 is 1.18 bits per heavy atom. The Hall–Kier alpha value is -2.24. The first-order valence-corrected chi connectivity index (χ1v) is 5.08. The van der Waals surface area contributed by atoms with Crippen molar-refractivity contribution in [3.05, 3.63) is 23.8 Å². The molecule has 1 rings (SSSR count). The van der Waals surface area contributed by atoms with Gasteiger partial charge >= 0.3 is 0 Å². The Bertz CT molecular complexity index is 429. The van der Waals surface area contributed by atoms with Gasteiger partial charge in [-0.15, -0.1) is 0 Å². The molecule has 0 bridgehead atoms. The van der Waals surface area contributed by atoms with E-state index in [9.17, 15) is 9.59 Å². The molecule has 0 atom stereocenters. The smallest absolute Gasteiger partial charge is 0.236 e. The third-order valence-electron chi connectivity index (χ3n) is 2.38. The zero-order valence-electron chi connectivity index (χ0n) is 9.64. The van der Waals surface area contributed by atoms with Gasteiger partial charge in [-0.25, -0.2) is 0 Å². The van der Waals surface area contributed by atoms with Gasteiger partial charge in [0.2, 0.25) is 11.8 Å². The Morgan fingerprint density at radius 2 is 1.71 bits per heavy atom. The lowest BCUT2D eigenvalue weighted by molar-refractivity contribution is -0.117. The van der Waals surface area contributed by atoms with E-state index in [2.05, 4.69) is 0 Å². The summed E-state index contributed by atoms with van der Waals surface area (Å²) in [6, 6.07) is 5.25. The SMILES string of the molecule is Cc1c(N)cccc1N(CC(N)=O)CC(N)=O. The van der Waals surface area contributed by atoms with E-state index < -0.39 is 11.8 Å². The van der Waals surface area contributed by atoms with Crippen LogP contribution in [0, 0.1) is 6.92 Å². The molecule has 92 valence electrons. The molecule has 0 spiro atoms. The van der Waals surface area contributed by atoms with Gasteiger partial charge in [-0.1, -0.05) is 6.07 Å². The quantitative estimate of drug-likeness (QED) is 0.589. The minimum Gasteiger partial charge on any atom is -0.398 e. The van der Waals surface area contributed by atoms with Gasteiger partial charge in [-0.2, -0.15) is 0 Å². The third-order valence-corrected chi connectivity index (χ3v) is 2.38. The van der Waals surface area contributed by atoms with E-state index in [1.165, 1.54) is 4.90 Å². The molecule has 0 fully saturated rings. The number of anilines is 2. The van der Waals surface area contributed by atoms with Crippen molar-refractivity contribution in [1.29, 1.82) is 0 Å². The second-order valence-corrected chi connectivity index (χ2v) is 3.78. The zero-order valence-corrected chi connectivity index (χ0v) is 9.64. The van der Waals surface area contributed by atoms with Gasteiger partial charge in [0.25, 0.3) is 0 Å². The molecule has 0 saturated heterocycles. The van der Waals surface area contributed by atoms with Crippen LogP contribution in [0.2, 0.25) is 0 Å². The van der Waals surface area contributed by atoms with E-state index >= 15 is 0 Å². The zero-order chi connectivity index (χ0) is 13.0. The number of nitrogens with two attached hydrogens (primary N) is 3. The number of hydrogen-bond acceptors (Lipinski definition) is 4. The van der Waals surface area contributed by atoms with Crippen LogP contribution in [0.15, 0.2) is 18.2 Å². The molecule has 0 heterocycles. The van der Waals surface area contributed by atoms with Crippen molar-refractivity contribution >= 4 is 23.2 Å². The monoisotopic (exact) mass is 236 g/mol. The lowest BCUT2D eigenvalue weighted by Crippen LogP contribution is -2.40. The summed E-state index contributed by atoms with van der Waals surface area (Å²) in [4.78, 5) is 23.4. The molecule has 1 aromatic carbocycles. The van der Waals surface area contributed by atoms with Crippen LogP contribution in [0.1, 0.15) is 5.56 Å². The van der Waals surface area contributed by atoms with Gasteiger partial charge in [-0.3, -0.25) is 9.59 Å². The molecule has 6 heteroatoms. The predicted octanol–water partition coefficient (Wildman–Crippen LogP) is -0.646. The first-order chi connectivity index (χ1) is 7.91. The molecule has 6 nitrogen and oxygen atoms in total. The van der Waals surface area contributed by atoms with Gasteiger partial charge in [0.1, 0.15) is 0 Å². The number of carbonyl (C=O) groups is 2. The Kier molecular flexibility index (Phi) is 3.92. The first kappa shape index (κ1) is 12.8. The Balaban J connectivity index is 3.07. The van der Waals surface area contributed by atoms with Gasteiger partial charge in [0.15, 0.2) is 0 Å². The van der Waals surface area contributed by atoms with E-state index in [4.69, 9.17) is 17.2 Å². The largest absolute Gasteiger partial charge is 0.398 e. The first-order valence-electron chi connectivity index (χ1n) is 5.08. The van der Waals surface area contributed by atoms with Crippen molar-refractivity contribution in [2.75, 3.05) is 23.7 Å². The second-order valence-electron chi connectivity index (χ2n) is 3.78. The molecule has 17 heavy (non-hydrogen) atoms. The molecular weight excluding hydrogens is 220 g/mol. The number of nitrogens with zero attached hydrogens (tertiary/aromatic N) is 1. The van der Waals surface area contributed by atoms with Gasteiger partial charge in [0.05, 0.1) is 13.1 Å². The summed E-state index contributed by atoms with van der Waals surface area (Å²) in [7, 11) is 0. The summed E-state index contributed by atoms with van der Waals surface area (Å²) >= 11 is 0. The average molecular weight is 236 g/mol. The van der Waals surface area contributed by atoms with E-state index in [0.717, 1.165) is 5.56 Å². The van der Waals surface area contributed by atoms with Crippen molar-refractivity contribution in [2.24, 2.45) is 11.5 Å². The van der Waals surface area contributed by atoms with Crippen molar-refractivity contribution in [3.63, 3.8) is 0 Å². The third kappa shape index (κ3) is 3.37. The highest BCUT2D eigenvalue weighted by atomic mass is 16.2. The maximum atomic E-state index is 11.0. The van der Waals surface area contributed by atoms with Crippen LogP contribution in [-0.2, 0) is 9.59 Å². The minimum atomic E-state index is -0.534. The lowest BCUT2D eigenvalue weighted by atomic mass is 10.1. The average Bonchev–Trinajstić information content (AvgIpc) is 2.19. The highest BCUT2D eigenvalue weighted by Crippen LogP contribution is 2.24. The molecule has 0 aromatic heterocycles. The number of nitrogen functional groups attached to an aromatic ring is 1. The molecule has 2 amide bonds. The van der Waals surface area contributed by atoms with Gasteiger partial charge in [-0.05, 0) is 24.6 Å². The maximum absolute atomic E-state index is 11.0. The summed E-state index contributed by atoms with van der Waals surface area (Å²) in [5.41, 5.74) is 18.1. The summed E-state index contributed by atoms with van der Waals surface area (Å²) in [6.45, 7) is 1.65. The molecular formula is C11H16N4O2. The minimum absolute atomic E-state index is 0.0762. The fourth-order valence-corrected chi connectivity index (χ4v) is 1.59. The van der Waals surface area contributed by atoms with Crippen LogP contribution in [0.5, 0.6) is 0 Å². The van der Waals surface area contributed by atoms with Crippen LogP contribution < -0.4 is 22.1 Å². The van der Waals surface area contributed by atoms with E-state index in [0.29, 0.717) is 11.4 Å². The van der Waals surface area contributed by atoms with Crippen LogP contribution >= 0.6 is 0 Å². The van der Waals surface area contributed by atoms with Crippen molar-refractivity contribution in [1.82, 2.24) is 0 Å². The molecule has 0 saturated carbocycles. The molecule has 1 aromatic rings. The normalized spacial score (nSPS) is 9.94. The van der Waals surface area contributed by atoms with Crippen LogP contribution in [0.3, 0.4) is 0 Å². The van der Waals surface area contributed by atoms with E-state index in [1.807, 2.05) is 0 Å². The number of benzene rings is 1. The molecule has 0 aliphatic carbocycles. The number of amides is 2. The molecule has 6 N–H and O–H groups in total. The number of rotatable bonds is 5. The van der Waals surface area contributed by atoms with Crippen LogP contribution in [-0.4, -0.2) is 24.9 Å². The summed E-state index contributed by atoms with van der Waals surface area (Å²) in [6.07, 6.45) is 0. The number of hydrogen-bond donors (Lipinski definition) is 3. The highest BCUT2D eigenvalue weighted by molar-refractivity contribution is 5.85. The van der Waals surface area contributed by atoms with Crippen molar-refractivity contribution in [2.45, 2.75) is 6.92 Å². The fourth-order valence-electron chi connectivity index (χ4n) is 1.59. The molecule has 0 aliphatic heterocycles. The summed E-state index contributed by atoms with van der Waals surface area (Å²) in [5.74, 6) is -1.07. The molecule has 0 aliphatic rings. The fraction of sp³-hybridized carbons (Fsp3) is 0.273.